The second-order valence-electron chi connectivity index (χ2n) is 7.62. The Kier molecular flexibility index (Phi) is 4.45. The Hall–Kier alpha value is -0.610. The summed E-state index contributed by atoms with van der Waals surface area (Å²) in [6, 6.07) is 0.449. The van der Waals surface area contributed by atoms with Gasteiger partial charge in [0, 0.05) is 19.0 Å². The molecule has 2 atom stereocenters. The Morgan fingerprint density at radius 3 is 2.60 bits per heavy atom. The van der Waals surface area contributed by atoms with Crippen molar-refractivity contribution in [1.82, 2.24) is 4.90 Å². The third kappa shape index (κ3) is 3.73. The van der Waals surface area contributed by atoms with E-state index in [1.807, 2.05) is 0 Å². The van der Waals surface area contributed by atoms with Crippen molar-refractivity contribution >= 4 is 5.97 Å². The van der Waals surface area contributed by atoms with Crippen LogP contribution in [0, 0.1) is 5.92 Å². The number of hydrogen-bond donors (Lipinski definition) is 1. The van der Waals surface area contributed by atoms with Gasteiger partial charge < -0.3 is 9.84 Å². The zero-order chi connectivity index (χ0) is 15.0. The van der Waals surface area contributed by atoms with Crippen molar-refractivity contribution in [1.29, 1.82) is 0 Å². The Morgan fingerprint density at radius 2 is 2.05 bits per heavy atom. The van der Waals surface area contributed by atoms with Crippen molar-refractivity contribution in [2.45, 2.75) is 77.0 Å². The number of ether oxygens (including phenoxy) is 1. The molecule has 2 heterocycles. The summed E-state index contributed by atoms with van der Waals surface area (Å²) >= 11 is 0. The second kappa shape index (κ2) is 5.64. The Balaban J connectivity index is 1.96. The lowest BCUT2D eigenvalue weighted by atomic mass is 9.87. The quantitative estimate of drug-likeness (QED) is 0.862. The molecule has 0 spiro atoms. The van der Waals surface area contributed by atoms with Gasteiger partial charge in [-0.3, -0.25) is 9.69 Å². The van der Waals surface area contributed by atoms with Gasteiger partial charge in [-0.05, 0) is 65.8 Å². The van der Waals surface area contributed by atoms with Crippen LogP contribution in [0.1, 0.15) is 59.8 Å². The highest BCUT2D eigenvalue weighted by Crippen LogP contribution is 2.41. The molecular weight excluding hydrogens is 254 g/mol. The number of rotatable bonds is 4. The van der Waals surface area contributed by atoms with E-state index in [-0.39, 0.29) is 11.2 Å². The predicted molar refractivity (Wildman–Crippen MR) is 78.8 cm³/mol. The van der Waals surface area contributed by atoms with Gasteiger partial charge in [0.25, 0.3) is 0 Å². The Morgan fingerprint density at radius 1 is 1.35 bits per heavy atom. The van der Waals surface area contributed by atoms with Crippen LogP contribution in [-0.4, -0.2) is 46.3 Å². The van der Waals surface area contributed by atoms with Crippen LogP contribution in [0.3, 0.4) is 0 Å². The van der Waals surface area contributed by atoms with E-state index < -0.39 is 5.97 Å². The lowest BCUT2D eigenvalue weighted by Crippen LogP contribution is -2.50. The molecule has 0 amide bonds. The van der Waals surface area contributed by atoms with E-state index in [9.17, 15) is 4.79 Å². The largest absolute Gasteiger partial charge is 0.481 e. The number of carboxylic acid groups (broad SMARTS) is 1. The third-order valence-corrected chi connectivity index (χ3v) is 4.78. The van der Waals surface area contributed by atoms with Crippen molar-refractivity contribution in [3.05, 3.63) is 0 Å². The molecule has 2 saturated heterocycles. The maximum atomic E-state index is 10.7. The summed E-state index contributed by atoms with van der Waals surface area (Å²) in [6.45, 7) is 10.9. The highest BCUT2D eigenvalue weighted by Gasteiger charge is 2.48. The van der Waals surface area contributed by atoms with Crippen LogP contribution in [0.4, 0.5) is 0 Å². The minimum Gasteiger partial charge on any atom is -0.481 e. The standard InChI is InChI=1S/C16H29NO3/c1-15(2)10-13(16(3,4)20-15)17-9-5-6-12(11-17)7-8-14(18)19/h12-13H,5-11H2,1-4H3,(H,18,19). The molecule has 1 N–H and O–H groups in total. The molecule has 4 nitrogen and oxygen atoms in total. The van der Waals surface area contributed by atoms with E-state index in [4.69, 9.17) is 9.84 Å². The minimum absolute atomic E-state index is 0.0534. The fourth-order valence-corrected chi connectivity index (χ4v) is 4.05. The van der Waals surface area contributed by atoms with Gasteiger partial charge in [-0.25, -0.2) is 0 Å². The zero-order valence-corrected chi connectivity index (χ0v) is 13.3. The molecule has 0 aliphatic carbocycles. The number of hydrogen-bond acceptors (Lipinski definition) is 3. The van der Waals surface area contributed by atoms with Gasteiger partial charge in [-0.1, -0.05) is 0 Å². The lowest BCUT2D eigenvalue weighted by molar-refractivity contribution is -0.137. The van der Waals surface area contributed by atoms with Crippen LogP contribution >= 0.6 is 0 Å². The fraction of sp³-hybridized carbons (Fsp3) is 0.938. The average Bonchev–Trinajstić information content (AvgIpc) is 2.55. The van der Waals surface area contributed by atoms with Crippen LogP contribution in [0.15, 0.2) is 0 Å². The molecule has 2 fully saturated rings. The van der Waals surface area contributed by atoms with Gasteiger partial charge in [0.05, 0.1) is 11.2 Å². The summed E-state index contributed by atoms with van der Waals surface area (Å²) in [4.78, 5) is 13.3. The first-order valence-electron chi connectivity index (χ1n) is 7.86. The van der Waals surface area contributed by atoms with Gasteiger partial charge in [0.1, 0.15) is 0 Å². The van der Waals surface area contributed by atoms with Crippen molar-refractivity contribution in [2.24, 2.45) is 5.92 Å². The number of likely N-dealkylation sites (tertiary alicyclic amines) is 1. The molecule has 2 rings (SSSR count). The SMILES string of the molecule is CC1(C)CC(N2CCCC(CCC(=O)O)C2)C(C)(C)O1. The number of nitrogens with zero attached hydrogens (tertiary/aromatic N) is 1. The molecule has 2 aliphatic heterocycles. The summed E-state index contributed by atoms with van der Waals surface area (Å²) in [5.41, 5.74) is -0.166. The molecule has 0 aromatic rings. The predicted octanol–water partition coefficient (Wildman–Crippen LogP) is 2.91. The van der Waals surface area contributed by atoms with Crippen LogP contribution < -0.4 is 0 Å². The summed E-state index contributed by atoms with van der Waals surface area (Å²) in [5.74, 6) is -0.146. The smallest absolute Gasteiger partial charge is 0.303 e. The number of aliphatic carboxylic acids is 1. The van der Waals surface area contributed by atoms with Crippen LogP contribution in [0.5, 0.6) is 0 Å². The minimum atomic E-state index is -0.673. The first kappa shape index (κ1) is 15.8. The molecule has 0 bridgehead atoms. The van der Waals surface area contributed by atoms with Crippen LogP contribution in [0.2, 0.25) is 0 Å². The topological polar surface area (TPSA) is 49.8 Å². The van der Waals surface area contributed by atoms with Crippen LogP contribution in [0.25, 0.3) is 0 Å². The molecule has 0 aromatic heterocycles. The highest BCUT2D eigenvalue weighted by atomic mass is 16.5. The van der Waals surface area contributed by atoms with E-state index in [0.29, 0.717) is 18.4 Å². The summed E-state index contributed by atoms with van der Waals surface area (Å²) in [5, 5.41) is 8.84. The molecule has 2 unspecified atom stereocenters. The molecule has 0 radical (unpaired) electrons. The van der Waals surface area contributed by atoms with E-state index >= 15 is 0 Å². The second-order valence-corrected chi connectivity index (χ2v) is 7.62. The molecule has 2 aliphatic rings. The summed E-state index contributed by atoms with van der Waals surface area (Å²) in [7, 11) is 0. The molecule has 0 aromatic carbocycles. The third-order valence-electron chi connectivity index (χ3n) is 4.78. The van der Waals surface area contributed by atoms with Crippen molar-refractivity contribution < 1.29 is 14.6 Å². The average molecular weight is 283 g/mol. The molecule has 4 heteroatoms. The number of piperidine rings is 1. The van der Waals surface area contributed by atoms with E-state index in [0.717, 1.165) is 25.9 Å². The van der Waals surface area contributed by atoms with Gasteiger partial charge in [-0.15, -0.1) is 0 Å². The van der Waals surface area contributed by atoms with Gasteiger partial charge in [-0.2, -0.15) is 0 Å². The van der Waals surface area contributed by atoms with Gasteiger partial charge in [0.2, 0.25) is 0 Å². The summed E-state index contributed by atoms with van der Waals surface area (Å²) in [6.07, 6.45) is 4.52. The number of carbonyl (C=O) groups is 1. The van der Waals surface area contributed by atoms with Gasteiger partial charge >= 0.3 is 5.97 Å². The van der Waals surface area contributed by atoms with Crippen molar-refractivity contribution in [2.75, 3.05) is 13.1 Å². The van der Waals surface area contributed by atoms with Crippen molar-refractivity contribution in [3.63, 3.8) is 0 Å². The van der Waals surface area contributed by atoms with Gasteiger partial charge in [0.15, 0.2) is 0 Å². The van der Waals surface area contributed by atoms with E-state index in [2.05, 4.69) is 32.6 Å². The Labute approximate surface area is 122 Å². The first-order valence-corrected chi connectivity index (χ1v) is 7.86. The lowest BCUT2D eigenvalue weighted by Gasteiger charge is -2.41. The monoisotopic (exact) mass is 283 g/mol. The highest BCUT2D eigenvalue weighted by molar-refractivity contribution is 5.66. The maximum Gasteiger partial charge on any atom is 0.303 e. The normalized spacial score (nSPS) is 33.2. The van der Waals surface area contributed by atoms with Crippen LogP contribution in [-0.2, 0) is 9.53 Å². The number of carboxylic acids is 1. The van der Waals surface area contributed by atoms with E-state index in [1.54, 1.807) is 0 Å². The zero-order valence-electron chi connectivity index (χ0n) is 13.3. The summed E-state index contributed by atoms with van der Waals surface area (Å²) < 4.78 is 6.20. The van der Waals surface area contributed by atoms with E-state index in [1.165, 1.54) is 12.8 Å². The molecule has 0 saturated carbocycles. The first-order chi connectivity index (χ1) is 9.20. The van der Waals surface area contributed by atoms with Crippen molar-refractivity contribution in [3.8, 4) is 0 Å². The maximum absolute atomic E-state index is 10.7. The molecule has 20 heavy (non-hydrogen) atoms. The Bertz CT molecular complexity index is 365. The molecular formula is C16H29NO3. The fourth-order valence-electron chi connectivity index (χ4n) is 4.05. The molecule has 116 valence electrons.